The third-order valence-corrected chi connectivity index (χ3v) is 6.71. The van der Waals surface area contributed by atoms with Gasteiger partial charge in [0, 0.05) is 35.3 Å². The summed E-state index contributed by atoms with van der Waals surface area (Å²) in [5, 5.41) is 19.0. The number of pyridine rings is 1. The standard InChI is InChI=1S/C26H26N4O4/c1-3-17-12-21(19-5-4-9-28-22(19)13-17)26(7-8-26)29-25(31)20-14-24(34-15-18-6-10-27-18)23(30(32)33)11-16(20)2/h3-5,9,11-14,18,27H,1,6-8,10,15H2,2H3,(H,29,31)/t18-/m0/s1. The van der Waals surface area contributed by atoms with Crippen molar-refractivity contribution in [3.05, 3.63) is 81.5 Å². The topological polar surface area (TPSA) is 106 Å². The fourth-order valence-electron chi connectivity index (χ4n) is 4.45. The Morgan fingerprint density at radius 1 is 1.38 bits per heavy atom. The molecule has 5 rings (SSSR count). The minimum atomic E-state index is -0.511. The van der Waals surface area contributed by atoms with Gasteiger partial charge in [0.25, 0.3) is 5.91 Å². The van der Waals surface area contributed by atoms with E-state index in [9.17, 15) is 14.9 Å². The maximum atomic E-state index is 13.4. The van der Waals surface area contributed by atoms with E-state index in [0.29, 0.717) is 17.7 Å². The lowest BCUT2D eigenvalue weighted by Crippen LogP contribution is -2.46. The molecule has 2 aromatic carbocycles. The quantitative estimate of drug-likeness (QED) is 0.386. The van der Waals surface area contributed by atoms with Gasteiger partial charge in [-0.3, -0.25) is 19.9 Å². The number of ether oxygens (including phenoxy) is 1. The summed E-state index contributed by atoms with van der Waals surface area (Å²) in [6.45, 7) is 6.83. The molecule has 0 bridgehead atoms. The fourth-order valence-corrected chi connectivity index (χ4v) is 4.45. The number of nitrogens with zero attached hydrogens (tertiary/aromatic N) is 2. The molecule has 2 heterocycles. The van der Waals surface area contributed by atoms with E-state index in [1.54, 1.807) is 19.2 Å². The zero-order valence-electron chi connectivity index (χ0n) is 19.0. The first-order chi connectivity index (χ1) is 16.4. The predicted molar refractivity (Wildman–Crippen MR) is 130 cm³/mol. The summed E-state index contributed by atoms with van der Waals surface area (Å²) in [5.41, 5.74) is 3.05. The summed E-state index contributed by atoms with van der Waals surface area (Å²) < 4.78 is 5.76. The Morgan fingerprint density at radius 3 is 2.82 bits per heavy atom. The lowest BCUT2D eigenvalue weighted by atomic mass is 9.95. The number of hydrogen-bond acceptors (Lipinski definition) is 6. The van der Waals surface area contributed by atoms with Gasteiger partial charge in [-0.2, -0.15) is 0 Å². The minimum Gasteiger partial charge on any atom is -0.485 e. The number of aryl methyl sites for hydroxylation is 1. The number of amides is 1. The van der Waals surface area contributed by atoms with Gasteiger partial charge in [0.2, 0.25) is 0 Å². The molecule has 2 N–H and O–H groups in total. The van der Waals surface area contributed by atoms with Crippen LogP contribution >= 0.6 is 0 Å². The second-order valence-electron chi connectivity index (χ2n) is 9.02. The van der Waals surface area contributed by atoms with E-state index in [1.807, 2.05) is 24.3 Å². The third kappa shape index (κ3) is 4.01. The summed E-state index contributed by atoms with van der Waals surface area (Å²) in [6, 6.07) is 11.0. The average Bonchev–Trinajstić information content (AvgIpc) is 3.57. The van der Waals surface area contributed by atoms with Crippen LogP contribution in [0.15, 0.2) is 49.2 Å². The van der Waals surface area contributed by atoms with Gasteiger partial charge in [-0.1, -0.05) is 18.7 Å². The molecule has 0 spiro atoms. The summed E-state index contributed by atoms with van der Waals surface area (Å²) >= 11 is 0. The molecule has 3 aromatic rings. The second-order valence-corrected chi connectivity index (χ2v) is 9.02. The number of benzene rings is 2. The number of nitro groups is 1. The maximum absolute atomic E-state index is 13.4. The van der Waals surface area contributed by atoms with Gasteiger partial charge in [-0.15, -0.1) is 0 Å². The van der Waals surface area contributed by atoms with E-state index < -0.39 is 10.5 Å². The minimum absolute atomic E-state index is 0.114. The first kappa shape index (κ1) is 22.0. The van der Waals surface area contributed by atoms with Crippen LogP contribution in [-0.2, 0) is 5.54 Å². The zero-order chi connectivity index (χ0) is 23.9. The molecule has 2 aliphatic rings. The highest BCUT2D eigenvalue weighted by atomic mass is 16.6. The van der Waals surface area contributed by atoms with Crippen molar-refractivity contribution in [1.29, 1.82) is 0 Å². The van der Waals surface area contributed by atoms with Crippen molar-refractivity contribution in [3.63, 3.8) is 0 Å². The highest BCUT2D eigenvalue weighted by molar-refractivity contribution is 5.98. The lowest BCUT2D eigenvalue weighted by molar-refractivity contribution is -0.385. The monoisotopic (exact) mass is 458 g/mol. The number of fused-ring (bicyclic) bond motifs is 1. The van der Waals surface area contributed by atoms with Crippen molar-refractivity contribution in [2.75, 3.05) is 13.2 Å². The zero-order valence-corrected chi connectivity index (χ0v) is 19.0. The SMILES string of the molecule is C=Cc1cc(C2(NC(=O)c3cc(OC[C@@H]4CCN4)c([N+](=O)[O-])cc3C)CC2)c2cccnc2c1. The van der Waals surface area contributed by atoms with E-state index in [1.165, 1.54) is 12.1 Å². The summed E-state index contributed by atoms with van der Waals surface area (Å²) in [4.78, 5) is 29.0. The van der Waals surface area contributed by atoms with Crippen molar-refractivity contribution in [1.82, 2.24) is 15.6 Å². The molecule has 8 nitrogen and oxygen atoms in total. The van der Waals surface area contributed by atoms with Gasteiger partial charge >= 0.3 is 5.69 Å². The number of carbonyl (C=O) groups excluding carboxylic acids is 1. The number of nitrogens with one attached hydrogen (secondary N) is 2. The summed E-state index contributed by atoms with van der Waals surface area (Å²) in [7, 11) is 0. The predicted octanol–water partition coefficient (Wildman–Crippen LogP) is 4.25. The van der Waals surface area contributed by atoms with Crippen molar-refractivity contribution in [3.8, 4) is 5.75 Å². The Morgan fingerprint density at radius 2 is 2.18 bits per heavy atom. The molecule has 1 aliphatic heterocycles. The van der Waals surface area contributed by atoms with Crippen molar-refractivity contribution >= 4 is 28.6 Å². The molecule has 0 unspecified atom stereocenters. The molecule has 1 aliphatic carbocycles. The molecule has 1 saturated heterocycles. The average molecular weight is 459 g/mol. The third-order valence-electron chi connectivity index (χ3n) is 6.71. The Labute approximate surface area is 197 Å². The summed E-state index contributed by atoms with van der Waals surface area (Å²) in [6.07, 6.45) is 6.08. The van der Waals surface area contributed by atoms with Crippen molar-refractivity contribution in [2.45, 2.75) is 37.8 Å². The number of nitro benzene ring substituents is 1. The number of carbonyl (C=O) groups is 1. The van der Waals surface area contributed by atoms with E-state index in [2.05, 4.69) is 22.2 Å². The van der Waals surface area contributed by atoms with Gasteiger partial charge in [0.1, 0.15) is 6.61 Å². The molecule has 174 valence electrons. The highest BCUT2D eigenvalue weighted by Gasteiger charge is 2.47. The Hall–Kier alpha value is -3.78. The van der Waals surface area contributed by atoms with Gasteiger partial charge in [-0.25, -0.2) is 0 Å². The van der Waals surface area contributed by atoms with E-state index in [4.69, 9.17) is 4.74 Å². The van der Waals surface area contributed by atoms with Crippen LogP contribution in [-0.4, -0.2) is 35.0 Å². The number of hydrogen-bond donors (Lipinski definition) is 2. The van der Waals surface area contributed by atoms with Crippen LogP contribution in [0.3, 0.4) is 0 Å². The molecule has 2 fully saturated rings. The van der Waals surface area contributed by atoms with Crippen LogP contribution in [0, 0.1) is 17.0 Å². The van der Waals surface area contributed by atoms with Crippen molar-refractivity contribution < 1.29 is 14.5 Å². The van der Waals surface area contributed by atoms with Crippen molar-refractivity contribution in [2.24, 2.45) is 0 Å². The first-order valence-electron chi connectivity index (χ1n) is 11.4. The molecule has 34 heavy (non-hydrogen) atoms. The molecule has 1 atom stereocenters. The van der Waals surface area contributed by atoms with Gasteiger partial charge in [0.05, 0.1) is 16.0 Å². The molecule has 1 aromatic heterocycles. The number of aromatic nitrogens is 1. The van der Waals surface area contributed by atoms with Crippen LogP contribution in [0.2, 0.25) is 0 Å². The van der Waals surface area contributed by atoms with Crippen LogP contribution in [0.1, 0.15) is 46.3 Å². The fraction of sp³-hybridized carbons (Fsp3) is 0.308. The Kier molecular flexibility index (Phi) is 5.53. The molecule has 8 heteroatoms. The maximum Gasteiger partial charge on any atom is 0.311 e. The van der Waals surface area contributed by atoms with Gasteiger partial charge < -0.3 is 15.4 Å². The summed E-state index contributed by atoms with van der Waals surface area (Å²) in [5.74, 6) is -0.167. The van der Waals surface area contributed by atoms with Crippen LogP contribution in [0.5, 0.6) is 5.75 Å². The Balaban J connectivity index is 1.47. The molecule has 1 amide bonds. The molecule has 1 saturated carbocycles. The second kappa shape index (κ2) is 8.53. The highest BCUT2D eigenvalue weighted by Crippen LogP contribution is 2.48. The largest absolute Gasteiger partial charge is 0.485 e. The van der Waals surface area contributed by atoms with Crippen LogP contribution in [0.25, 0.3) is 17.0 Å². The molecular weight excluding hydrogens is 432 g/mol. The molecular formula is C26H26N4O4. The van der Waals surface area contributed by atoms with E-state index >= 15 is 0 Å². The van der Waals surface area contributed by atoms with Crippen LogP contribution in [0.4, 0.5) is 5.69 Å². The normalized spacial score (nSPS) is 18.1. The van der Waals surface area contributed by atoms with Gasteiger partial charge in [0.15, 0.2) is 5.75 Å². The van der Waals surface area contributed by atoms with E-state index in [-0.39, 0.29) is 23.4 Å². The Bertz CT molecular complexity index is 1310. The van der Waals surface area contributed by atoms with E-state index in [0.717, 1.165) is 47.8 Å². The smallest absolute Gasteiger partial charge is 0.311 e. The van der Waals surface area contributed by atoms with Crippen LogP contribution < -0.4 is 15.4 Å². The molecule has 0 radical (unpaired) electrons. The first-order valence-corrected chi connectivity index (χ1v) is 11.4. The van der Waals surface area contributed by atoms with Gasteiger partial charge in [-0.05, 0) is 67.6 Å². The lowest BCUT2D eigenvalue weighted by Gasteiger charge is -2.27. The number of rotatable bonds is 8.